The second kappa shape index (κ2) is 8.57. The number of alkyl halides is 1. The molecule has 6 nitrogen and oxygen atoms in total. The Balaban J connectivity index is 1.28. The number of amides is 1. The molecule has 4 rings (SSSR count). The van der Waals surface area contributed by atoms with Crippen LogP contribution in [0.25, 0.3) is 0 Å². The van der Waals surface area contributed by atoms with Gasteiger partial charge in [-0.25, -0.2) is 0 Å². The van der Waals surface area contributed by atoms with Gasteiger partial charge in [-0.05, 0) is 24.8 Å². The smallest absolute Gasteiger partial charge is 0.257 e. The molecule has 1 aromatic carbocycles. The lowest BCUT2D eigenvalue weighted by Crippen LogP contribution is -2.32. The standard InChI is InChI=1S/C20H23ClN4O2S/c21-18-8-7-17(28-18)20(26)23-12-15-11-16(24-27-15)13-3-5-14(6-4-13)19(22)25-9-1-2-10-25/h3-7,15,18,22H,1-2,8-12H2,(H,23,26). The monoisotopic (exact) mass is 418 g/mol. The van der Waals surface area contributed by atoms with Crippen molar-refractivity contribution in [2.24, 2.45) is 5.16 Å². The van der Waals surface area contributed by atoms with Crippen LogP contribution >= 0.6 is 23.4 Å². The van der Waals surface area contributed by atoms with E-state index in [1.807, 2.05) is 30.3 Å². The normalized spacial score (nSPS) is 24.0. The van der Waals surface area contributed by atoms with Crippen LogP contribution in [0.3, 0.4) is 0 Å². The zero-order valence-electron chi connectivity index (χ0n) is 15.5. The fraction of sp³-hybridized carbons (Fsp3) is 0.450. The van der Waals surface area contributed by atoms with Gasteiger partial charge in [0.1, 0.15) is 11.9 Å². The first kappa shape index (κ1) is 19.3. The molecular formula is C20H23ClN4O2S. The number of benzene rings is 1. The largest absolute Gasteiger partial charge is 0.390 e. The molecule has 0 aromatic heterocycles. The van der Waals surface area contributed by atoms with E-state index in [1.54, 1.807) is 0 Å². The van der Waals surface area contributed by atoms with Crippen LogP contribution in [-0.4, -0.2) is 52.8 Å². The molecule has 28 heavy (non-hydrogen) atoms. The summed E-state index contributed by atoms with van der Waals surface area (Å²) in [6.45, 7) is 2.35. The summed E-state index contributed by atoms with van der Waals surface area (Å²) in [5, 5.41) is 15.4. The van der Waals surface area contributed by atoms with E-state index in [0.29, 0.717) is 30.1 Å². The number of oxime groups is 1. The Morgan fingerprint density at radius 3 is 2.75 bits per heavy atom. The highest BCUT2D eigenvalue weighted by Gasteiger charge is 2.25. The number of allylic oxidation sites excluding steroid dienone is 1. The lowest BCUT2D eigenvalue weighted by molar-refractivity contribution is -0.117. The Kier molecular flexibility index (Phi) is 5.92. The van der Waals surface area contributed by atoms with Crippen molar-refractivity contribution >= 4 is 40.8 Å². The molecule has 2 unspecified atom stereocenters. The number of hydrogen-bond donors (Lipinski definition) is 2. The molecule has 1 amide bonds. The Hall–Kier alpha value is -1.99. The van der Waals surface area contributed by atoms with Crippen molar-refractivity contribution in [1.29, 1.82) is 5.41 Å². The van der Waals surface area contributed by atoms with Gasteiger partial charge in [-0.2, -0.15) is 0 Å². The molecule has 2 atom stereocenters. The highest BCUT2D eigenvalue weighted by molar-refractivity contribution is 8.05. The van der Waals surface area contributed by atoms with E-state index in [-0.39, 0.29) is 16.7 Å². The van der Waals surface area contributed by atoms with Crippen LogP contribution in [0.5, 0.6) is 0 Å². The molecule has 1 saturated heterocycles. The van der Waals surface area contributed by atoms with Crippen LogP contribution in [0.1, 0.15) is 36.8 Å². The van der Waals surface area contributed by atoms with Crippen molar-refractivity contribution in [2.45, 2.75) is 36.5 Å². The quantitative estimate of drug-likeness (QED) is 0.437. The van der Waals surface area contributed by atoms with Gasteiger partial charge in [0, 0.05) is 25.1 Å². The highest BCUT2D eigenvalue weighted by Crippen LogP contribution is 2.34. The third-order valence-electron chi connectivity index (χ3n) is 5.10. The molecule has 0 spiro atoms. The van der Waals surface area contributed by atoms with Gasteiger partial charge in [-0.15, -0.1) is 23.4 Å². The Morgan fingerprint density at radius 1 is 1.32 bits per heavy atom. The fourth-order valence-corrected chi connectivity index (χ4v) is 4.74. The van der Waals surface area contributed by atoms with Crippen molar-refractivity contribution < 1.29 is 9.63 Å². The van der Waals surface area contributed by atoms with Gasteiger partial charge in [-0.3, -0.25) is 10.2 Å². The minimum Gasteiger partial charge on any atom is -0.390 e. The van der Waals surface area contributed by atoms with Crippen molar-refractivity contribution in [3.8, 4) is 0 Å². The van der Waals surface area contributed by atoms with Crippen LogP contribution in [0, 0.1) is 5.41 Å². The Labute approximate surface area is 173 Å². The predicted molar refractivity (Wildman–Crippen MR) is 113 cm³/mol. The zero-order chi connectivity index (χ0) is 19.5. The average Bonchev–Trinajstić information content (AvgIpc) is 3.47. The lowest BCUT2D eigenvalue weighted by atomic mass is 10.0. The second-order valence-corrected chi connectivity index (χ2v) is 9.16. The van der Waals surface area contributed by atoms with E-state index in [0.717, 1.165) is 42.8 Å². The number of halogens is 1. The first-order chi connectivity index (χ1) is 13.6. The summed E-state index contributed by atoms with van der Waals surface area (Å²) in [5.74, 6) is 0.488. The van der Waals surface area contributed by atoms with Gasteiger partial charge < -0.3 is 15.1 Å². The maximum absolute atomic E-state index is 12.1. The van der Waals surface area contributed by atoms with Gasteiger partial charge in [0.15, 0.2) is 0 Å². The number of carbonyl (C=O) groups excluding carboxylic acids is 1. The molecule has 2 N–H and O–H groups in total. The first-order valence-corrected chi connectivity index (χ1v) is 10.9. The average molecular weight is 419 g/mol. The third-order valence-corrected chi connectivity index (χ3v) is 6.60. The molecular weight excluding hydrogens is 396 g/mol. The van der Waals surface area contributed by atoms with Crippen LogP contribution < -0.4 is 5.32 Å². The Bertz CT molecular complexity index is 818. The number of likely N-dealkylation sites (tertiary alicyclic amines) is 1. The number of thioether (sulfide) groups is 1. The molecule has 1 aromatic rings. The molecule has 3 aliphatic heterocycles. The molecule has 3 heterocycles. The third kappa shape index (κ3) is 4.36. The lowest BCUT2D eigenvalue weighted by Gasteiger charge is -2.18. The van der Waals surface area contributed by atoms with Gasteiger partial charge >= 0.3 is 0 Å². The van der Waals surface area contributed by atoms with Gasteiger partial charge in [-0.1, -0.05) is 35.5 Å². The summed E-state index contributed by atoms with van der Waals surface area (Å²) in [6.07, 6.45) is 5.39. The predicted octanol–water partition coefficient (Wildman–Crippen LogP) is 3.30. The van der Waals surface area contributed by atoms with Gasteiger partial charge in [0.25, 0.3) is 5.91 Å². The molecule has 1 fully saturated rings. The number of nitrogens with one attached hydrogen (secondary N) is 2. The summed E-state index contributed by atoms with van der Waals surface area (Å²) in [7, 11) is 0. The summed E-state index contributed by atoms with van der Waals surface area (Å²) < 4.78 is -0.0478. The van der Waals surface area contributed by atoms with E-state index >= 15 is 0 Å². The van der Waals surface area contributed by atoms with Crippen LogP contribution in [0.2, 0.25) is 0 Å². The van der Waals surface area contributed by atoms with Crippen molar-refractivity contribution in [1.82, 2.24) is 10.2 Å². The maximum atomic E-state index is 12.1. The number of carbonyl (C=O) groups is 1. The number of rotatable bonds is 5. The van der Waals surface area contributed by atoms with Crippen molar-refractivity contribution in [3.63, 3.8) is 0 Å². The SMILES string of the molecule is N=C(c1ccc(C2=NOC(CNC(=O)C3=CCC(Cl)S3)C2)cc1)N1CCCC1. The molecule has 0 aliphatic carbocycles. The molecule has 148 valence electrons. The topological polar surface area (TPSA) is 77.8 Å². The fourth-order valence-electron chi connectivity index (χ4n) is 3.53. The second-order valence-electron chi connectivity index (χ2n) is 7.13. The van der Waals surface area contributed by atoms with Crippen molar-refractivity contribution in [3.05, 3.63) is 46.4 Å². The zero-order valence-corrected chi connectivity index (χ0v) is 17.1. The van der Waals surface area contributed by atoms with Crippen molar-refractivity contribution in [2.75, 3.05) is 19.6 Å². The molecule has 0 saturated carbocycles. The van der Waals surface area contributed by atoms with E-state index in [4.69, 9.17) is 21.8 Å². The van der Waals surface area contributed by atoms with E-state index in [9.17, 15) is 4.79 Å². The molecule has 0 radical (unpaired) electrons. The maximum Gasteiger partial charge on any atom is 0.257 e. The van der Waals surface area contributed by atoms with Gasteiger partial charge in [0.05, 0.1) is 21.9 Å². The van der Waals surface area contributed by atoms with E-state index in [2.05, 4.69) is 15.4 Å². The number of hydrogen-bond acceptors (Lipinski definition) is 5. The van der Waals surface area contributed by atoms with Crippen LogP contribution in [0.15, 0.2) is 40.4 Å². The van der Waals surface area contributed by atoms with E-state index in [1.165, 1.54) is 11.8 Å². The minimum absolute atomic E-state index is 0.0478. The van der Waals surface area contributed by atoms with Crippen LogP contribution in [-0.2, 0) is 9.63 Å². The van der Waals surface area contributed by atoms with Gasteiger partial charge in [0.2, 0.25) is 0 Å². The molecule has 0 bridgehead atoms. The molecule has 8 heteroatoms. The highest BCUT2D eigenvalue weighted by atomic mass is 35.5. The van der Waals surface area contributed by atoms with E-state index < -0.39 is 0 Å². The Morgan fingerprint density at radius 2 is 2.07 bits per heavy atom. The summed E-state index contributed by atoms with van der Waals surface area (Å²) >= 11 is 7.40. The summed E-state index contributed by atoms with van der Waals surface area (Å²) in [5.41, 5.74) is 2.79. The number of amidine groups is 1. The molecule has 3 aliphatic rings. The number of nitrogens with zero attached hydrogens (tertiary/aromatic N) is 2. The first-order valence-electron chi connectivity index (χ1n) is 9.56. The summed E-state index contributed by atoms with van der Waals surface area (Å²) in [6, 6.07) is 7.92. The summed E-state index contributed by atoms with van der Waals surface area (Å²) in [4.78, 5) is 20.4. The van der Waals surface area contributed by atoms with Crippen LogP contribution in [0.4, 0.5) is 0 Å². The minimum atomic E-state index is -0.166.